The van der Waals surface area contributed by atoms with Crippen LogP contribution in [0.4, 0.5) is 5.82 Å². The molecule has 14 heavy (non-hydrogen) atoms. The molecular formula is C11H8N2S. The lowest BCUT2D eigenvalue weighted by Crippen LogP contribution is -1.84. The number of hydrogen-bond acceptors (Lipinski definition) is 3. The van der Waals surface area contributed by atoms with Crippen molar-refractivity contribution in [3.8, 4) is 0 Å². The zero-order valence-corrected chi connectivity index (χ0v) is 8.21. The number of rotatable bonds is 0. The standard InChI is InChI=1S/C11H8N2S/c12-11-10-8-4-2-1-3-7(8)5-6-9(10)14-13-11/h1-6H,(H2,12,13). The average Bonchev–Trinajstić information content (AvgIpc) is 2.61. The van der Waals surface area contributed by atoms with Gasteiger partial charge in [-0.2, -0.15) is 4.37 Å². The van der Waals surface area contributed by atoms with Gasteiger partial charge in [0.2, 0.25) is 0 Å². The minimum atomic E-state index is 0.641. The monoisotopic (exact) mass is 200 g/mol. The number of nitrogens with zero attached hydrogens (tertiary/aromatic N) is 1. The van der Waals surface area contributed by atoms with Gasteiger partial charge < -0.3 is 5.73 Å². The van der Waals surface area contributed by atoms with Gasteiger partial charge in [-0.15, -0.1) is 0 Å². The Labute approximate surface area is 85.1 Å². The molecule has 3 heteroatoms. The summed E-state index contributed by atoms with van der Waals surface area (Å²) < 4.78 is 5.32. The van der Waals surface area contributed by atoms with E-state index in [1.54, 1.807) is 0 Å². The number of nitrogens with two attached hydrogens (primary N) is 1. The molecule has 0 unspecified atom stereocenters. The fourth-order valence-corrected chi connectivity index (χ4v) is 2.46. The van der Waals surface area contributed by atoms with Gasteiger partial charge in [-0.25, -0.2) is 0 Å². The first-order valence-corrected chi connectivity index (χ1v) is 5.16. The van der Waals surface area contributed by atoms with Gasteiger partial charge in [0.05, 0.1) is 4.70 Å². The second kappa shape index (κ2) is 2.69. The van der Waals surface area contributed by atoms with E-state index in [0.717, 1.165) is 10.1 Å². The van der Waals surface area contributed by atoms with Crippen LogP contribution < -0.4 is 5.73 Å². The minimum Gasteiger partial charge on any atom is -0.382 e. The highest BCUT2D eigenvalue weighted by Crippen LogP contribution is 2.31. The number of benzene rings is 2. The van der Waals surface area contributed by atoms with Crippen LogP contribution in [0, 0.1) is 0 Å². The lowest BCUT2D eigenvalue weighted by Gasteiger charge is -1.98. The van der Waals surface area contributed by atoms with E-state index < -0.39 is 0 Å². The molecule has 0 amide bonds. The Bertz CT molecular complexity index is 613. The molecule has 1 aromatic heterocycles. The molecule has 0 aliphatic heterocycles. The van der Waals surface area contributed by atoms with Gasteiger partial charge in [0.15, 0.2) is 0 Å². The number of nitrogen functional groups attached to an aromatic ring is 1. The van der Waals surface area contributed by atoms with Crippen LogP contribution in [0.3, 0.4) is 0 Å². The van der Waals surface area contributed by atoms with Crippen molar-refractivity contribution in [2.75, 3.05) is 5.73 Å². The molecule has 0 saturated carbocycles. The maximum Gasteiger partial charge on any atom is 0.145 e. The van der Waals surface area contributed by atoms with E-state index in [1.807, 2.05) is 12.1 Å². The van der Waals surface area contributed by atoms with Crippen LogP contribution in [-0.2, 0) is 0 Å². The van der Waals surface area contributed by atoms with E-state index in [9.17, 15) is 0 Å². The van der Waals surface area contributed by atoms with Crippen LogP contribution in [0.2, 0.25) is 0 Å². The van der Waals surface area contributed by atoms with Gasteiger partial charge in [-0.3, -0.25) is 0 Å². The molecule has 0 bridgehead atoms. The number of anilines is 1. The van der Waals surface area contributed by atoms with Crippen molar-refractivity contribution in [3.05, 3.63) is 36.4 Å². The summed E-state index contributed by atoms with van der Waals surface area (Å²) in [4.78, 5) is 0. The molecule has 0 atom stereocenters. The molecule has 2 nitrogen and oxygen atoms in total. The van der Waals surface area contributed by atoms with Gasteiger partial charge in [0.25, 0.3) is 0 Å². The van der Waals surface area contributed by atoms with Crippen molar-refractivity contribution in [3.63, 3.8) is 0 Å². The molecule has 0 spiro atoms. The van der Waals surface area contributed by atoms with Crippen molar-refractivity contribution in [1.29, 1.82) is 0 Å². The van der Waals surface area contributed by atoms with Crippen molar-refractivity contribution < 1.29 is 0 Å². The van der Waals surface area contributed by atoms with E-state index in [-0.39, 0.29) is 0 Å². The first-order valence-electron chi connectivity index (χ1n) is 4.39. The summed E-state index contributed by atoms with van der Waals surface area (Å²) in [5.74, 6) is 0.641. The summed E-state index contributed by atoms with van der Waals surface area (Å²) in [6, 6.07) is 12.4. The van der Waals surface area contributed by atoms with E-state index in [4.69, 9.17) is 5.73 Å². The van der Waals surface area contributed by atoms with Crippen LogP contribution in [0.25, 0.3) is 20.9 Å². The van der Waals surface area contributed by atoms with Gasteiger partial charge in [-0.1, -0.05) is 30.3 Å². The summed E-state index contributed by atoms with van der Waals surface area (Å²) in [5.41, 5.74) is 5.84. The number of hydrogen-bond donors (Lipinski definition) is 1. The summed E-state index contributed by atoms with van der Waals surface area (Å²) in [5, 5.41) is 3.50. The van der Waals surface area contributed by atoms with Crippen LogP contribution in [0.15, 0.2) is 36.4 Å². The molecule has 1 heterocycles. The molecule has 2 aromatic carbocycles. The Hall–Kier alpha value is -1.61. The molecular weight excluding hydrogens is 192 g/mol. The fourth-order valence-electron chi connectivity index (χ4n) is 1.74. The molecule has 0 aliphatic carbocycles. The maximum absolute atomic E-state index is 5.84. The number of fused-ring (bicyclic) bond motifs is 3. The molecule has 0 saturated heterocycles. The average molecular weight is 200 g/mol. The third-order valence-corrected chi connectivity index (χ3v) is 3.21. The Morgan fingerprint density at radius 2 is 1.93 bits per heavy atom. The van der Waals surface area contributed by atoms with E-state index in [1.165, 1.54) is 22.3 Å². The molecule has 3 aromatic rings. The quantitative estimate of drug-likeness (QED) is 0.605. The minimum absolute atomic E-state index is 0.641. The van der Waals surface area contributed by atoms with Crippen molar-refractivity contribution in [2.24, 2.45) is 0 Å². The first kappa shape index (κ1) is 7.76. The van der Waals surface area contributed by atoms with E-state index in [0.29, 0.717) is 5.82 Å². The smallest absolute Gasteiger partial charge is 0.145 e. The fraction of sp³-hybridized carbons (Fsp3) is 0. The normalized spacial score (nSPS) is 11.1. The Morgan fingerprint density at radius 1 is 1.07 bits per heavy atom. The largest absolute Gasteiger partial charge is 0.382 e. The summed E-state index contributed by atoms with van der Waals surface area (Å²) in [6.07, 6.45) is 0. The van der Waals surface area contributed by atoms with Crippen molar-refractivity contribution in [1.82, 2.24) is 4.37 Å². The molecule has 3 rings (SSSR count). The Kier molecular flexibility index (Phi) is 1.49. The lowest BCUT2D eigenvalue weighted by molar-refractivity contribution is 1.59. The third-order valence-electron chi connectivity index (χ3n) is 2.39. The SMILES string of the molecule is Nc1nsc2ccc3ccccc3c12. The molecule has 68 valence electrons. The van der Waals surface area contributed by atoms with Crippen molar-refractivity contribution >= 4 is 38.2 Å². The molecule has 2 N–H and O–H groups in total. The third kappa shape index (κ3) is 0.930. The second-order valence-electron chi connectivity index (χ2n) is 3.23. The zero-order chi connectivity index (χ0) is 9.54. The van der Waals surface area contributed by atoms with Crippen LogP contribution in [-0.4, -0.2) is 4.37 Å². The molecule has 0 radical (unpaired) electrons. The van der Waals surface area contributed by atoms with Crippen LogP contribution in [0.1, 0.15) is 0 Å². The molecule has 0 fully saturated rings. The van der Waals surface area contributed by atoms with Gasteiger partial charge in [0.1, 0.15) is 5.82 Å². The number of aromatic nitrogens is 1. The van der Waals surface area contributed by atoms with E-state index in [2.05, 4.69) is 28.6 Å². The second-order valence-corrected chi connectivity index (χ2v) is 4.03. The molecule has 0 aliphatic rings. The van der Waals surface area contributed by atoms with E-state index >= 15 is 0 Å². The lowest BCUT2D eigenvalue weighted by atomic mass is 10.1. The maximum atomic E-state index is 5.84. The Morgan fingerprint density at radius 3 is 2.86 bits per heavy atom. The van der Waals surface area contributed by atoms with Gasteiger partial charge >= 0.3 is 0 Å². The van der Waals surface area contributed by atoms with Crippen molar-refractivity contribution in [2.45, 2.75) is 0 Å². The zero-order valence-electron chi connectivity index (χ0n) is 7.40. The highest BCUT2D eigenvalue weighted by Gasteiger charge is 2.05. The predicted octanol–water partition coefficient (Wildman–Crippen LogP) is 3.03. The van der Waals surface area contributed by atoms with Gasteiger partial charge in [0, 0.05) is 5.39 Å². The summed E-state index contributed by atoms with van der Waals surface area (Å²) in [6.45, 7) is 0. The highest BCUT2D eigenvalue weighted by atomic mass is 32.1. The predicted molar refractivity (Wildman–Crippen MR) is 61.5 cm³/mol. The topological polar surface area (TPSA) is 38.9 Å². The summed E-state index contributed by atoms with van der Waals surface area (Å²) >= 11 is 1.45. The summed E-state index contributed by atoms with van der Waals surface area (Å²) in [7, 11) is 0. The van der Waals surface area contributed by atoms with Crippen LogP contribution >= 0.6 is 11.5 Å². The van der Waals surface area contributed by atoms with Gasteiger partial charge in [-0.05, 0) is 28.4 Å². The highest BCUT2D eigenvalue weighted by molar-refractivity contribution is 7.14. The van der Waals surface area contributed by atoms with Crippen LogP contribution in [0.5, 0.6) is 0 Å². The first-order chi connectivity index (χ1) is 6.86. The Balaban J connectivity index is 2.65.